The van der Waals surface area contributed by atoms with Gasteiger partial charge in [-0.05, 0) is 55.2 Å². The molecule has 2 aromatic carbocycles. The van der Waals surface area contributed by atoms with Gasteiger partial charge in [0.25, 0.3) is 11.6 Å². The van der Waals surface area contributed by atoms with Gasteiger partial charge in [0, 0.05) is 24.2 Å². The maximum atomic E-state index is 12.9. The molecule has 0 unspecified atom stereocenters. The number of rotatable bonds is 6. The molecule has 29 heavy (non-hydrogen) atoms. The van der Waals surface area contributed by atoms with E-state index in [2.05, 4.69) is 10.4 Å². The van der Waals surface area contributed by atoms with E-state index >= 15 is 0 Å². The molecule has 3 rings (SSSR count). The molecule has 3 aromatic rings. The quantitative estimate of drug-likeness (QED) is 0.496. The van der Waals surface area contributed by atoms with Crippen molar-refractivity contribution in [3.8, 4) is 16.9 Å². The van der Waals surface area contributed by atoms with Gasteiger partial charge in [-0.2, -0.15) is 5.10 Å². The number of aryl methyl sites for hydroxylation is 2. The summed E-state index contributed by atoms with van der Waals surface area (Å²) in [5.41, 5.74) is 4.60. The topological polar surface area (TPSA) is 90.1 Å². The lowest BCUT2D eigenvalue weighted by atomic mass is 10.1. The van der Waals surface area contributed by atoms with Crippen LogP contribution in [0.4, 0.5) is 5.69 Å². The predicted molar refractivity (Wildman–Crippen MR) is 112 cm³/mol. The highest BCUT2D eigenvalue weighted by molar-refractivity contribution is 5.94. The molecule has 7 nitrogen and oxygen atoms in total. The van der Waals surface area contributed by atoms with E-state index in [1.165, 1.54) is 12.1 Å². The summed E-state index contributed by atoms with van der Waals surface area (Å²) >= 11 is 0. The van der Waals surface area contributed by atoms with Crippen molar-refractivity contribution in [3.63, 3.8) is 0 Å². The molecule has 0 aliphatic heterocycles. The van der Waals surface area contributed by atoms with Crippen molar-refractivity contribution in [1.82, 2.24) is 15.1 Å². The third-order valence-electron chi connectivity index (χ3n) is 4.58. The number of nitrogens with zero attached hydrogens (tertiary/aromatic N) is 3. The third kappa shape index (κ3) is 4.51. The largest absolute Gasteiger partial charge is 0.350 e. The van der Waals surface area contributed by atoms with Gasteiger partial charge in [0.2, 0.25) is 0 Å². The Morgan fingerprint density at radius 3 is 2.45 bits per heavy atom. The fourth-order valence-corrected chi connectivity index (χ4v) is 2.96. The van der Waals surface area contributed by atoms with Crippen LogP contribution in [-0.4, -0.2) is 27.2 Å². The first-order valence-corrected chi connectivity index (χ1v) is 9.47. The average Bonchev–Trinajstić information content (AvgIpc) is 3.13. The van der Waals surface area contributed by atoms with Crippen LogP contribution in [0.25, 0.3) is 16.9 Å². The summed E-state index contributed by atoms with van der Waals surface area (Å²) < 4.78 is 1.65. The van der Waals surface area contributed by atoms with Crippen molar-refractivity contribution in [2.75, 3.05) is 6.54 Å². The number of non-ortho nitro benzene ring substituents is 1. The Balaban J connectivity index is 2.09. The normalized spacial score (nSPS) is 10.9. The van der Waals surface area contributed by atoms with E-state index in [9.17, 15) is 14.9 Å². The lowest BCUT2D eigenvalue weighted by molar-refractivity contribution is -0.384. The fourth-order valence-electron chi connectivity index (χ4n) is 2.96. The number of carbonyl (C=O) groups excluding carboxylic acids is 1. The minimum Gasteiger partial charge on any atom is -0.350 e. The third-order valence-corrected chi connectivity index (χ3v) is 4.58. The lowest BCUT2D eigenvalue weighted by Crippen LogP contribution is -2.29. The summed E-state index contributed by atoms with van der Waals surface area (Å²) in [5, 5.41) is 18.5. The van der Waals surface area contributed by atoms with Crippen molar-refractivity contribution in [2.24, 2.45) is 5.92 Å². The summed E-state index contributed by atoms with van der Waals surface area (Å²) in [6.07, 6.45) is 0. The molecule has 0 aliphatic rings. The zero-order chi connectivity index (χ0) is 21.1. The van der Waals surface area contributed by atoms with Crippen LogP contribution in [0.2, 0.25) is 0 Å². The molecule has 0 fully saturated rings. The van der Waals surface area contributed by atoms with E-state index in [4.69, 9.17) is 0 Å². The van der Waals surface area contributed by atoms with Gasteiger partial charge >= 0.3 is 0 Å². The van der Waals surface area contributed by atoms with Gasteiger partial charge in [-0.25, -0.2) is 4.68 Å². The van der Waals surface area contributed by atoms with Crippen LogP contribution in [-0.2, 0) is 0 Å². The van der Waals surface area contributed by atoms with E-state index in [1.54, 1.807) is 22.9 Å². The second-order valence-corrected chi connectivity index (χ2v) is 7.52. The molecule has 1 amide bonds. The van der Waals surface area contributed by atoms with Crippen LogP contribution in [0.5, 0.6) is 0 Å². The van der Waals surface area contributed by atoms with Crippen LogP contribution in [0.1, 0.15) is 35.5 Å². The zero-order valence-electron chi connectivity index (χ0n) is 17.0. The second-order valence-electron chi connectivity index (χ2n) is 7.52. The summed E-state index contributed by atoms with van der Waals surface area (Å²) in [6, 6.07) is 13.9. The van der Waals surface area contributed by atoms with Crippen LogP contribution in [0.3, 0.4) is 0 Å². The Hall–Kier alpha value is -3.48. The molecule has 1 heterocycles. The van der Waals surface area contributed by atoms with Crippen molar-refractivity contribution in [2.45, 2.75) is 27.7 Å². The number of hydrogen-bond acceptors (Lipinski definition) is 4. The highest BCUT2D eigenvalue weighted by Gasteiger charge is 2.19. The first kappa shape index (κ1) is 20.3. The highest BCUT2D eigenvalue weighted by Crippen LogP contribution is 2.25. The molecular formula is C22H24N4O3. The first-order valence-electron chi connectivity index (χ1n) is 9.47. The standard InChI is InChI=1S/C22H24N4O3/c1-14(2)13-23-22(27)21-12-19(17-7-9-18(10-8-17)26(28)29)24-25(21)20-11-15(3)5-6-16(20)4/h5-12,14H,13H2,1-4H3,(H,23,27). The molecule has 0 radical (unpaired) electrons. The van der Waals surface area contributed by atoms with Crippen molar-refractivity contribution >= 4 is 11.6 Å². The highest BCUT2D eigenvalue weighted by atomic mass is 16.6. The van der Waals surface area contributed by atoms with Gasteiger partial charge < -0.3 is 5.32 Å². The van der Waals surface area contributed by atoms with E-state index in [-0.39, 0.29) is 11.6 Å². The molecule has 0 atom stereocenters. The summed E-state index contributed by atoms with van der Waals surface area (Å²) in [6.45, 7) is 8.58. The van der Waals surface area contributed by atoms with Gasteiger partial charge in [0.15, 0.2) is 0 Å². The van der Waals surface area contributed by atoms with E-state index in [0.717, 1.165) is 16.8 Å². The molecule has 150 valence electrons. The number of benzene rings is 2. The van der Waals surface area contributed by atoms with Gasteiger partial charge in [-0.1, -0.05) is 26.0 Å². The number of amides is 1. The summed E-state index contributed by atoms with van der Waals surface area (Å²) in [4.78, 5) is 23.3. The van der Waals surface area contributed by atoms with Crippen molar-refractivity contribution < 1.29 is 9.72 Å². The lowest BCUT2D eigenvalue weighted by Gasteiger charge is -2.12. The number of hydrogen-bond donors (Lipinski definition) is 1. The number of carbonyl (C=O) groups is 1. The van der Waals surface area contributed by atoms with Gasteiger partial charge in [0.05, 0.1) is 16.3 Å². The van der Waals surface area contributed by atoms with E-state index in [1.807, 2.05) is 45.9 Å². The molecule has 0 spiro atoms. The SMILES string of the molecule is Cc1ccc(C)c(-n2nc(-c3ccc([N+](=O)[O-])cc3)cc2C(=O)NCC(C)C)c1. The Morgan fingerprint density at radius 2 is 1.83 bits per heavy atom. The van der Waals surface area contributed by atoms with Crippen LogP contribution in [0.15, 0.2) is 48.5 Å². The molecule has 1 aromatic heterocycles. The Kier molecular flexibility index (Phi) is 5.77. The van der Waals surface area contributed by atoms with Gasteiger partial charge in [-0.3, -0.25) is 14.9 Å². The molecule has 0 bridgehead atoms. The molecular weight excluding hydrogens is 368 g/mol. The predicted octanol–water partition coefficient (Wildman–Crippen LogP) is 4.45. The summed E-state index contributed by atoms with van der Waals surface area (Å²) in [7, 11) is 0. The van der Waals surface area contributed by atoms with Gasteiger partial charge in [0.1, 0.15) is 5.69 Å². The Morgan fingerprint density at radius 1 is 1.14 bits per heavy atom. The maximum Gasteiger partial charge on any atom is 0.270 e. The second kappa shape index (κ2) is 8.26. The first-order chi connectivity index (χ1) is 13.8. The average molecular weight is 392 g/mol. The van der Waals surface area contributed by atoms with Crippen molar-refractivity contribution in [1.29, 1.82) is 0 Å². The summed E-state index contributed by atoms with van der Waals surface area (Å²) in [5.74, 6) is 0.116. The van der Waals surface area contributed by atoms with Crippen LogP contribution >= 0.6 is 0 Å². The minimum absolute atomic E-state index is 0.0117. The Bertz CT molecular complexity index is 1050. The Labute approximate surface area is 169 Å². The smallest absolute Gasteiger partial charge is 0.270 e. The van der Waals surface area contributed by atoms with Crippen molar-refractivity contribution in [3.05, 3.63) is 75.5 Å². The number of nitro groups is 1. The molecule has 0 saturated heterocycles. The van der Waals surface area contributed by atoms with Gasteiger partial charge in [-0.15, -0.1) is 0 Å². The molecule has 0 aliphatic carbocycles. The van der Waals surface area contributed by atoms with Crippen LogP contribution < -0.4 is 5.32 Å². The monoisotopic (exact) mass is 392 g/mol. The zero-order valence-corrected chi connectivity index (χ0v) is 17.0. The maximum absolute atomic E-state index is 12.9. The molecule has 1 N–H and O–H groups in total. The molecule has 0 saturated carbocycles. The van der Waals surface area contributed by atoms with Crippen LogP contribution in [0, 0.1) is 29.9 Å². The van der Waals surface area contributed by atoms with E-state index < -0.39 is 4.92 Å². The number of aromatic nitrogens is 2. The fraction of sp³-hybridized carbons (Fsp3) is 0.273. The molecule has 7 heteroatoms. The van der Waals surface area contributed by atoms with E-state index in [0.29, 0.717) is 29.4 Å². The number of nitro benzene ring substituents is 1. The minimum atomic E-state index is -0.441. The number of nitrogens with one attached hydrogen (secondary N) is 1.